The van der Waals surface area contributed by atoms with Gasteiger partial charge in [-0.3, -0.25) is 9.59 Å². The molecule has 0 aromatic rings. The molecule has 2 fully saturated rings. The summed E-state index contributed by atoms with van der Waals surface area (Å²) < 4.78 is 0. The van der Waals surface area contributed by atoms with Crippen LogP contribution in [0.1, 0.15) is 45.4 Å². The first kappa shape index (κ1) is 15.3. The van der Waals surface area contributed by atoms with Crippen LogP contribution in [-0.4, -0.2) is 59.5 Å². The van der Waals surface area contributed by atoms with Gasteiger partial charge in [0, 0.05) is 25.6 Å². The van der Waals surface area contributed by atoms with E-state index in [9.17, 15) is 14.7 Å². The minimum absolute atomic E-state index is 0.0251. The van der Waals surface area contributed by atoms with Gasteiger partial charge >= 0.3 is 5.97 Å². The van der Waals surface area contributed by atoms with Crippen LogP contribution in [0.4, 0.5) is 0 Å². The van der Waals surface area contributed by atoms with Crippen molar-refractivity contribution < 1.29 is 14.7 Å². The molecular formula is C15H26N2O3. The van der Waals surface area contributed by atoms with Crippen LogP contribution in [0.5, 0.6) is 0 Å². The number of carbonyl (C=O) groups excluding carboxylic acids is 1. The third kappa shape index (κ3) is 3.14. The van der Waals surface area contributed by atoms with Gasteiger partial charge in [-0.2, -0.15) is 0 Å². The zero-order valence-corrected chi connectivity index (χ0v) is 12.6. The van der Waals surface area contributed by atoms with Crippen molar-refractivity contribution >= 4 is 11.9 Å². The van der Waals surface area contributed by atoms with Gasteiger partial charge in [0.2, 0.25) is 5.91 Å². The van der Waals surface area contributed by atoms with Crippen molar-refractivity contribution in [3.05, 3.63) is 0 Å². The third-order valence-electron chi connectivity index (χ3n) is 4.87. The van der Waals surface area contributed by atoms with Crippen LogP contribution in [0.15, 0.2) is 0 Å². The lowest BCUT2D eigenvalue weighted by molar-refractivity contribution is -0.153. The molecule has 2 aliphatic rings. The van der Waals surface area contributed by atoms with Crippen molar-refractivity contribution in [2.45, 2.75) is 51.5 Å². The average Bonchev–Trinajstić information content (AvgIpc) is 2.77. The molecule has 0 bridgehead atoms. The fourth-order valence-electron chi connectivity index (χ4n) is 3.65. The maximum Gasteiger partial charge on any atom is 0.310 e. The minimum atomic E-state index is -0.797. The number of aliphatic carboxylic acids is 1. The molecule has 20 heavy (non-hydrogen) atoms. The molecule has 1 aliphatic heterocycles. The Labute approximate surface area is 120 Å². The number of rotatable bonds is 3. The predicted molar refractivity (Wildman–Crippen MR) is 76.4 cm³/mol. The number of likely N-dealkylation sites (N-methyl/N-ethyl adjacent to an activating group) is 1. The maximum atomic E-state index is 12.6. The molecule has 0 radical (unpaired) electrons. The maximum absolute atomic E-state index is 12.6. The molecule has 1 amide bonds. The molecule has 5 nitrogen and oxygen atoms in total. The summed E-state index contributed by atoms with van der Waals surface area (Å²) in [6, 6.07) is 0.169. The Morgan fingerprint density at radius 3 is 2.45 bits per heavy atom. The highest BCUT2D eigenvalue weighted by atomic mass is 16.4. The van der Waals surface area contributed by atoms with Gasteiger partial charge < -0.3 is 14.9 Å². The minimum Gasteiger partial charge on any atom is -0.481 e. The molecular weight excluding hydrogens is 256 g/mol. The molecule has 2 rings (SSSR count). The smallest absolute Gasteiger partial charge is 0.310 e. The summed E-state index contributed by atoms with van der Waals surface area (Å²) in [6.07, 6.45) is 4.30. The second-order valence-electron chi connectivity index (χ2n) is 6.52. The Kier molecular flexibility index (Phi) is 4.68. The fourth-order valence-corrected chi connectivity index (χ4v) is 3.65. The molecule has 114 valence electrons. The number of carboxylic acids is 1. The van der Waals surface area contributed by atoms with Gasteiger partial charge in [-0.05, 0) is 39.8 Å². The molecule has 5 heteroatoms. The summed E-state index contributed by atoms with van der Waals surface area (Å²) in [5.41, 5.74) is -0.797. The zero-order chi connectivity index (χ0) is 14.8. The Bertz CT molecular complexity index is 377. The summed E-state index contributed by atoms with van der Waals surface area (Å²) in [5.74, 6) is -0.764. The van der Waals surface area contributed by atoms with Crippen molar-refractivity contribution in [3.8, 4) is 0 Å². The molecule has 0 aromatic carbocycles. The zero-order valence-electron chi connectivity index (χ0n) is 12.6. The summed E-state index contributed by atoms with van der Waals surface area (Å²) in [7, 11) is 2.07. The quantitative estimate of drug-likeness (QED) is 0.853. The molecule has 0 spiro atoms. The second-order valence-corrected chi connectivity index (χ2v) is 6.52. The van der Waals surface area contributed by atoms with Crippen LogP contribution < -0.4 is 0 Å². The first-order valence-electron chi connectivity index (χ1n) is 7.66. The SMILES string of the molecule is CC1CN(C)CCCN1C(=O)CC1(C(=O)O)CCCC1. The van der Waals surface area contributed by atoms with Gasteiger partial charge in [-0.1, -0.05) is 12.8 Å². The average molecular weight is 282 g/mol. The highest BCUT2D eigenvalue weighted by Gasteiger charge is 2.44. The van der Waals surface area contributed by atoms with E-state index >= 15 is 0 Å². The molecule has 1 unspecified atom stereocenters. The first-order valence-corrected chi connectivity index (χ1v) is 7.66. The van der Waals surface area contributed by atoms with E-state index in [1.807, 2.05) is 4.90 Å². The van der Waals surface area contributed by atoms with Gasteiger partial charge in [-0.25, -0.2) is 0 Å². The van der Waals surface area contributed by atoms with E-state index in [4.69, 9.17) is 0 Å². The predicted octanol–water partition coefficient (Wildman–Crippen LogP) is 1.57. The largest absolute Gasteiger partial charge is 0.481 e. The highest BCUT2D eigenvalue weighted by Crippen LogP contribution is 2.42. The lowest BCUT2D eigenvalue weighted by Crippen LogP contribution is -2.45. The molecule has 1 atom stereocenters. The van der Waals surface area contributed by atoms with E-state index in [2.05, 4.69) is 18.9 Å². The lowest BCUT2D eigenvalue weighted by Gasteiger charge is -2.31. The summed E-state index contributed by atoms with van der Waals surface area (Å²) >= 11 is 0. The topological polar surface area (TPSA) is 60.9 Å². The van der Waals surface area contributed by atoms with E-state index in [1.54, 1.807) is 0 Å². The number of hydrogen-bond acceptors (Lipinski definition) is 3. The lowest BCUT2D eigenvalue weighted by atomic mass is 9.82. The van der Waals surface area contributed by atoms with Gasteiger partial charge in [0.15, 0.2) is 0 Å². The van der Waals surface area contributed by atoms with E-state index < -0.39 is 11.4 Å². The van der Waals surface area contributed by atoms with Crippen LogP contribution >= 0.6 is 0 Å². The summed E-state index contributed by atoms with van der Waals surface area (Å²) in [4.78, 5) is 28.3. The van der Waals surface area contributed by atoms with Gasteiger partial charge in [0.05, 0.1) is 5.41 Å². The van der Waals surface area contributed by atoms with Crippen molar-refractivity contribution in [3.63, 3.8) is 0 Å². The Balaban J connectivity index is 2.04. The molecule has 1 saturated carbocycles. The summed E-state index contributed by atoms with van der Waals surface area (Å²) in [5, 5.41) is 9.50. The highest BCUT2D eigenvalue weighted by molar-refractivity contribution is 5.85. The van der Waals surface area contributed by atoms with E-state index in [1.165, 1.54) is 0 Å². The monoisotopic (exact) mass is 282 g/mol. The number of amides is 1. The second kappa shape index (κ2) is 6.12. The van der Waals surface area contributed by atoms with Crippen molar-refractivity contribution in [1.29, 1.82) is 0 Å². The van der Waals surface area contributed by atoms with E-state index in [0.717, 1.165) is 38.9 Å². The third-order valence-corrected chi connectivity index (χ3v) is 4.87. The van der Waals surface area contributed by atoms with Crippen LogP contribution in [0, 0.1) is 5.41 Å². The first-order chi connectivity index (χ1) is 9.44. The van der Waals surface area contributed by atoms with E-state index in [0.29, 0.717) is 12.8 Å². The van der Waals surface area contributed by atoms with Gasteiger partial charge in [0.1, 0.15) is 0 Å². The van der Waals surface area contributed by atoms with Crippen LogP contribution in [0.2, 0.25) is 0 Å². The molecule has 1 aliphatic carbocycles. The van der Waals surface area contributed by atoms with Gasteiger partial charge in [0.25, 0.3) is 0 Å². The number of carboxylic acid groups (broad SMARTS) is 1. The number of hydrogen-bond donors (Lipinski definition) is 1. The summed E-state index contributed by atoms with van der Waals surface area (Å²) in [6.45, 7) is 4.67. The van der Waals surface area contributed by atoms with E-state index in [-0.39, 0.29) is 18.4 Å². The molecule has 0 aromatic heterocycles. The van der Waals surface area contributed by atoms with Crippen molar-refractivity contribution in [2.75, 3.05) is 26.7 Å². The van der Waals surface area contributed by atoms with Gasteiger partial charge in [-0.15, -0.1) is 0 Å². The Morgan fingerprint density at radius 1 is 1.20 bits per heavy atom. The number of nitrogens with zero attached hydrogens (tertiary/aromatic N) is 2. The normalized spacial score (nSPS) is 27.3. The van der Waals surface area contributed by atoms with Crippen molar-refractivity contribution in [2.24, 2.45) is 5.41 Å². The number of carbonyl (C=O) groups is 2. The molecule has 1 saturated heterocycles. The van der Waals surface area contributed by atoms with Crippen molar-refractivity contribution in [1.82, 2.24) is 9.80 Å². The van der Waals surface area contributed by atoms with Crippen LogP contribution in [0.25, 0.3) is 0 Å². The van der Waals surface area contributed by atoms with Crippen LogP contribution in [0.3, 0.4) is 0 Å². The Morgan fingerprint density at radius 2 is 1.85 bits per heavy atom. The Hall–Kier alpha value is -1.10. The van der Waals surface area contributed by atoms with Crippen LogP contribution in [-0.2, 0) is 9.59 Å². The standard InChI is InChI=1S/C15H26N2O3/c1-12-11-16(2)8-5-9-17(12)13(18)10-15(14(19)20)6-3-4-7-15/h12H,3-11H2,1-2H3,(H,19,20). The molecule has 1 heterocycles. The fraction of sp³-hybridized carbons (Fsp3) is 0.867. The molecule has 1 N–H and O–H groups in total.